The highest BCUT2D eigenvalue weighted by atomic mass is 16.3. The molecule has 206 valence electrons. The molecule has 0 aliphatic carbocycles. The van der Waals surface area contributed by atoms with Crippen LogP contribution in [0.15, 0.2) is 49.1 Å². The van der Waals surface area contributed by atoms with Crippen molar-refractivity contribution in [3.8, 4) is 5.75 Å². The highest BCUT2D eigenvalue weighted by Gasteiger charge is 2.40. The van der Waals surface area contributed by atoms with Gasteiger partial charge in [-0.3, -0.25) is 4.90 Å². The molecule has 2 aromatic heterocycles. The van der Waals surface area contributed by atoms with Gasteiger partial charge >= 0.3 is 0 Å². The molecule has 2 fully saturated rings. The zero-order chi connectivity index (χ0) is 26.4. The number of aromatic amines is 1. The van der Waals surface area contributed by atoms with E-state index < -0.39 is 0 Å². The Balaban J connectivity index is 1.12. The first kappa shape index (κ1) is 26.9. The molecule has 0 amide bonds. The number of likely N-dealkylation sites (tertiary alicyclic amines) is 2. The summed E-state index contributed by atoms with van der Waals surface area (Å²) < 4.78 is 2.31. The fraction of sp³-hybridized carbons (Fsp3) is 0.600. The number of nitrogens with zero attached hydrogens (tertiary/aromatic N) is 6. The number of nitrogens with one attached hydrogen (secondary N) is 1. The molecule has 2 aliphatic rings. The highest BCUT2D eigenvalue weighted by Crippen LogP contribution is 2.40. The lowest BCUT2D eigenvalue weighted by atomic mass is 9.77. The lowest BCUT2D eigenvalue weighted by Gasteiger charge is -2.40. The van der Waals surface area contributed by atoms with E-state index in [2.05, 4.69) is 55.3 Å². The van der Waals surface area contributed by atoms with Gasteiger partial charge in [0.15, 0.2) is 0 Å². The van der Waals surface area contributed by atoms with E-state index in [0.717, 1.165) is 49.2 Å². The van der Waals surface area contributed by atoms with Crippen LogP contribution < -0.4 is 0 Å². The van der Waals surface area contributed by atoms with E-state index in [1.807, 2.05) is 24.5 Å². The largest absolute Gasteiger partial charge is 0.508 e. The fourth-order valence-electron chi connectivity index (χ4n) is 6.39. The van der Waals surface area contributed by atoms with Crippen LogP contribution in [0, 0.1) is 11.3 Å². The molecule has 0 bridgehead atoms. The Morgan fingerprint density at radius 1 is 1.00 bits per heavy atom. The van der Waals surface area contributed by atoms with Gasteiger partial charge < -0.3 is 24.5 Å². The molecule has 0 atom stereocenters. The first-order valence-electron chi connectivity index (χ1n) is 14.4. The molecule has 4 heterocycles. The summed E-state index contributed by atoms with van der Waals surface area (Å²) in [5.41, 5.74) is 1.64. The number of benzene rings is 1. The minimum Gasteiger partial charge on any atom is -0.508 e. The molecule has 0 saturated carbocycles. The quantitative estimate of drug-likeness (QED) is 0.371. The maximum atomic E-state index is 9.93. The number of imidazole rings is 2. The third-order valence-corrected chi connectivity index (χ3v) is 8.34. The van der Waals surface area contributed by atoms with Crippen molar-refractivity contribution < 1.29 is 5.11 Å². The number of H-pyrrole nitrogens is 1. The predicted octanol–water partition coefficient (Wildman–Crippen LogP) is 4.35. The van der Waals surface area contributed by atoms with E-state index in [9.17, 15) is 5.11 Å². The molecule has 2 saturated heterocycles. The molecule has 8 nitrogen and oxygen atoms in total. The topological polar surface area (TPSA) is 76.4 Å². The number of phenolic OH excluding ortho intramolecular Hbond substituents is 1. The van der Waals surface area contributed by atoms with E-state index in [-0.39, 0.29) is 0 Å². The Morgan fingerprint density at radius 2 is 1.82 bits per heavy atom. The monoisotopic (exact) mass is 519 g/mol. The maximum Gasteiger partial charge on any atom is 0.122 e. The fourth-order valence-corrected chi connectivity index (χ4v) is 6.39. The zero-order valence-corrected chi connectivity index (χ0v) is 23.2. The van der Waals surface area contributed by atoms with Gasteiger partial charge in [0.25, 0.3) is 0 Å². The predicted molar refractivity (Wildman–Crippen MR) is 150 cm³/mol. The Kier molecular flexibility index (Phi) is 8.82. The van der Waals surface area contributed by atoms with E-state index in [4.69, 9.17) is 4.98 Å². The van der Waals surface area contributed by atoms with Gasteiger partial charge in [-0.1, -0.05) is 26.0 Å². The van der Waals surface area contributed by atoms with Gasteiger partial charge in [-0.05, 0) is 80.9 Å². The van der Waals surface area contributed by atoms with Gasteiger partial charge in [-0.25, -0.2) is 9.97 Å². The van der Waals surface area contributed by atoms with Gasteiger partial charge in [0.05, 0.1) is 13.1 Å². The SMILES string of the molecule is CC(C)CN1CCC2(CC1)CCN(CCCn1ccnc1CN(Cc1cccc(O)c1)Cc1ncc[nH]1)C2. The summed E-state index contributed by atoms with van der Waals surface area (Å²) >= 11 is 0. The van der Waals surface area contributed by atoms with Crippen LogP contribution in [0.3, 0.4) is 0 Å². The molecule has 2 N–H and O–H groups in total. The molecule has 8 heteroatoms. The van der Waals surface area contributed by atoms with Crippen LogP contribution in [-0.2, 0) is 26.2 Å². The summed E-state index contributed by atoms with van der Waals surface area (Å²) in [7, 11) is 0. The van der Waals surface area contributed by atoms with Crippen LogP contribution in [0.25, 0.3) is 0 Å². The third kappa shape index (κ3) is 7.24. The highest BCUT2D eigenvalue weighted by molar-refractivity contribution is 5.27. The summed E-state index contributed by atoms with van der Waals surface area (Å²) in [5, 5.41) is 9.93. The molecular weight excluding hydrogens is 474 g/mol. The van der Waals surface area contributed by atoms with Gasteiger partial charge in [0.1, 0.15) is 17.4 Å². The smallest absolute Gasteiger partial charge is 0.122 e. The second-order valence-corrected chi connectivity index (χ2v) is 12.0. The van der Waals surface area contributed by atoms with Crippen LogP contribution >= 0.6 is 0 Å². The molecule has 3 aromatic rings. The van der Waals surface area contributed by atoms with Gasteiger partial charge in [-0.15, -0.1) is 0 Å². The maximum absolute atomic E-state index is 9.93. The molecule has 1 aromatic carbocycles. The van der Waals surface area contributed by atoms with Crippen LogP contribution in [-0.4, -0.2) is 78.6 Å². The van der Waals surface area contributed by atoms with Gasteiger partial charge in [0.2, 0.25) is 0 Å². The number of aryl methyl sites for hydroxylation is 1. The van der Waals surface area contributed by atoms with E-state index >= 15 is 0 Å². The summed E-state index contributed by atoms with van der Waals surface area (Å²) in [6, 6.07) is 7.50. The molecule has 38 heavy (non-hydrogen) atoms. The number of piperidine rings is 1. The van der Waals surface area contributed by atoms with E-state index in [1.165, 1.54) is 52.0 Å². The summed E-state index contributed by atoms with van der Waals surface area (Å²) in [5.74, 6) is 3.07. The van der Waals surface area contributed by atoms with Crippen molar-refractivity contribution in [3.63, 3.8) is 0 Å². The Bertz CT molecular complexity index is 1120. The van der Waals surface area contributed by atoms with Gasteiger partial charge in [-0.2, -0.15) is 0 Å². The van der Waals surface area contributed by atoms with E-state index in [0.29, 0.717) is 24.3 Å². The van der Waals surface area contributed by atoms with Crippen LogP contribution in [0.1, 0.15) is 56.7 Å². The van der Waals surface area contributed by atoms with Crippen LogP contribution in [0.2, 0.25) is 0 Å². The molecular formula is C30H45N7O. The second-order valence-electron chi connectivity index (χ2n) is 12.0. The zero-order valence-electron chi connectivity index (χ0n) is 23.2. The normalized spacial score (nSPS) is 18.3. The number of phenols is 1. The number of aromatic hydroxyl groups is 1. The number of hydrogen-bond acceptors (Lipinski definition) is 6. The van der Waals surface area contributed by atoms with Crippen molar-refractivity contribution in [2.24, 2.45) is 11.3 Å². The van der Waals surface area contributed by atoms with Crippen molar-refractivity contribution in [2.75, 3.05) is 39.3 Å². The Morgan fingerprint density at radius 3 is 2.55 bits per heavy atom. The molecule has 2 aliphatic heterocycles. The minimum atomic E-state index is 0.298. The van der Waals surface area contributed by atoms with Gasteiger partial charge in [0, 0.05) is 51.0 Å². The summed E-state index contributed by atoms with van der Waals surface area (Å²) in [6.07, 6.45) is 12.9. The molecule has 1 spiro atoms. The Hall–Kier alpha value is -2.68. The van der Waals surface area contributed by atoms with E-state index in [1.54, 1.807) is 12.3 Å². The van der Waals surface area contributed by atoms with Crippen molar-refractivity contribution in [2.45, 2.75) is 65.7 Å². The minimum absolute atomic E-state index is 0.298. The molecule has 0 unspecified atom stereocenters. The van der Waals surface area contributed by atoms with Crippen molar-refractivity contribution in [1.29, 1.82) is 0 Å². The second kappa shape index (κ2) is 12.5. The van der Waals surface area contributed by atoms with Crippen molar-refractivity contribution >= 4 is 0 Å². The van der Waals surface area contributed by atoms with Crippen molar-refractivity contribution in [3.05, 3.63) is 66.3 Å². The number of rotatable bonds is 12. The number of hydrogen-bond donors (Lipinski definition) is 2. The first-order valence-corrected chi connectivity index (χ1v) is 14.4. The van der Waals surface area contributed by atoms with Crippen LogP contribution in [0.5, 0.6) is 5.75 Å². The van der Waals surface area contributed by atoms with Crippen LogP contribution in [0.4, 0.5) is 0 Å². The molecule has 0 radical (unpaired) electrons. The first-order chi connectivity index (χ1) is 18.5. The summed E-state index contributed by atoms with van der Waals surface area (Å²) in [4.78, 5) is 20.1. The lowest BCUT2D eigenvalue weighted by molar-refractivity contribution is 0.0989. The average Bonchev–Trinajstić information content (AvgIpc) is 3.64. The standard InChI is InChI=1S/C30H45N7O/c1-25(2)20-34-15-7-30(8-16-34)9-17-35(24-30)13-4-14-37-18-12-33-29(37)23-36(22-28-31-10-11-32-28)21-26-5-3-6-27(38)19-26/h3,5-6,10-12,18-19,25,38H,4,7-9,13-17,20-24H2,1-2H3,(H,31,32). The van der Waals surface area contributed by atoms with Crippen molar-refractivity contribution in [1.82, 2.24) is 34.2 Å². The lowest BCUT2D eigenvalue weighted by Crippen LogP contribution is -2.42. The Labute approximate surface area is 227 Å². The third-order valence-electron chi connectivity index (χ3n) is 8.34. The molecule has 5 rings (SSSR count). The average molecular weight is 520 g/mol. The number of aromatic nitrogens is 4. The summed E-state index contributed by atoms with van der Waals surface area (Å²) in [6.45, 7) is 15.3.